The highest BCUT2D eigenvalue weighted by Crippen LogP contribution is 2.13. The summed E-state index contributed by atoms with van der Waals surface area (Å²) in [6, 6.07) is 16.3. The van der Waals surface area contributed by atoms with Gasteiger partial charge in [0.15, 0.2) is 5.96 Å². The molecule has 3 rings (SSSR count). The average Bonchev–Trinajstić information content (AvgIpc) is 2.75. The van der Waals surface area contributed by atoms with Crippen molar-refractivity contribution in [1.82, 2.24) is 20.5 Å². The largest absolute Gasteiger partial charge is 0.357 e. The van der Waals surface area contributed by atoms with Crippen LogP contribution in [-0.4, -0.2) is 41.5 Å². The summed E-state index contributed by atoms with van der Waals surface area (Å²) in [6.07, 6.45) is 4.04. The molecule has 0 atom stereocenters. The molecule has 0 radical (unpaired) electrons. The number of hydrogen-bond acceptors (Lipinski definition) is 4. The standard InChI is InChI=1S/C22H28N6.HI/c1-2-24-22(26-16-19-8-6-18(15-23)7-9-19)27-20-10-13-28(14-11-20)17-21-5-3-4-12-25-21;/h3-9,12,20H,2,10-11,13-14,16-17H2,1H3,(H2,24,26,27);1H. The van der Waals surface area contributed by atoms with Gasteiger partial charge in [-0.25, -0.2) is 4.99 Å². The second kappa shape index (κ2) is 12.4. The number of pyridine rings is 1. The van der Waals surface area contributed by atoms with Crippen molar-refractivity contribution in [1.29, 1.82) is 5.26 Å². The highest BCUT2D eigenvalue weighted by Gasteiger charge is 2.20. The lowest BCUT2D eigenvalue weighted by Gasteiger charge is -2.32. The molecule has 6 nitrogen and oxygen atoms in total. The number of hydrogen-bond donors (Lipinski definition) is 2. The highest BCUT2D eigenvalue weighted by atomic mass is 127. The van der Waals surface area contributed by atoms with Crippen molar-refractivity contribution in [3.8, 4) is 6.07 Å². The van der Waals surface area contributed by atoms with E-state index in [4.69, 9.17) is 10.3 Å². The fraction of sp³-hybridized carbons (Fsp3) is 0.409. The van der Waals surface area contributed by atoms with E-state index in [1.165, 1.54) is 0 Å². The molecule has 1 aromatic carbocycles. The molecule has 0 spiro atoms. The minimum atomic E-state index is 0. The Kier molecular flexibility index (Phi) is 9.88. The Morgan fingerprint density at radius 1 is 1.21 bits per heavy atom. The van der Waals surface area contributed by atoms with Crippen LogP contribution < -0.4 is 10.6 Å². The quantitative estimate of drug-likeness (QED) is 0.359. The van der Waals surface area contributed by atoms with Crippen LogP contribution in [0.5, 0.6) is 0 Å². The van der Waals surface area contributed by atoms with Crippen LogP contribution in [0, 0.1) is 11.3 Å². The number of aliphatic imine (C=N–C) groups is 1. The molecular formula is C22H29IN6. The smallest absolute Gasteiger partial charge is 0.191 e. The fourth-order valence-electron chi connectivity index (χ4n) is 3.32. The van der Waals surface area contributed by atoms with Gasteiger partial charge in [-0.1, -0.05) is 18.2 Å². The monoisotopic (exact) mass is 504 g/mol. The Hall–Kier alpha value is -2.18. The first-order valence-electron chi connectivity index (χ1n) is 9.93. The maximum absolute atomic E-state index is 8.90. The van der Waals surface area contributed by atoms with Crippen LogP contribution in [0.4, 0.5) is 0 Å². The van der Waals surface area contributed by atoms with Crippen molar-refractivity contribution >= 4 is 29.9 Å². The zero-order valence-corrected chi connectivity index (χ0v) is 19.2. The lowest BCUT2D eigenvalue weighted by atomic mass is 10.0. The third-order valence-corrected chi connectivity index (χ3v) is 4.89. The van der Waals surface area contributed by atoms with E-state index < -0.39 is 0 Å². The van der Waals surface area contributed by atoms with Gasteiger partial charge in [-0.3, -0.25) is 9.88 Å². The summed E-state index contributed by atoms with van der Waals surface area (Å²) in [5, 5.41) is 15.8. The Bertz CT molecular complexity index is 792. The van der Waals surface area contributed by atoms with E-state index in [9.17, 15) is 0 Å². The van der Waals surface area contributed by atoms with Gasteiger partial charge in [0.25, 0.3) is 0 Å². The first-order chi connectivity index (χ1) is 13.8. The summed E-state index contributed by atoms with van der Waals surface area (Å²) in [5.41, 5.74) is 2.91. The van der Waals surface area contributed by atoms with Gasteiger partial charge in [0.2, 0.25) is 0 Å². The molecule has 0 saturated carbocycles. The SMILES string of the molecule is CCNC(=NCc1ccc(C#N)cc1)NC1CCN(Cc2ccccn2)CC1.I. The van der Waals surface area contributed by atoms with Crippen LogP contribution in [0.25, 0.3) is 0 Å². The molecule has 0 bridgehead atoms. The molecule has 2 aromatic rings. The summed E-state index contributed by atoms with van der Waals surface area (Å²) in [7, 11) is 0. The lowest BCUT2D eigenvalue weighted by Crippen LogP contribution is -2.48. The maximum Gasteiger partial charge on any atom is 0.191 e. The molecule has 0 unspecified atom stereocenters. The van der Waals surface area contributed by atoms with Gasteiger partial charge >= 0.3 is 0 Å². The third-order valence-electron chi connectivity index (χ3n) is 4.89. The van der Waals surface area contributed by atoms with E-state index >= 15 is 0 Å². The molecule has 1 aliphatic rings. The molecule has 1 saturated heterocycles. The van der Waals surface area contributed by atoms with Gasteiger partial charge in [-0.05, 0) is 49.6 Å². The topological polar surface area (TPSA) is 76.3 Å². The van der Waals surface area contributed by atoms with Crippen molar-refractivity contribution in [2.75, 3.05) is 19.6 Å². The summed E-state index contributed by atoms with van der Waals surface area (Å²) < 4.78 is 0. The fourth-order valence-corrected chi connectivity index (χ4v) is 3.32. The number of rotatable bonds is 6. The van der Waals surface area contributed by atoms with Crippen LogP contribution in [0.1, 0.15) is 36.6 Å². The van der Waals surface area contributed by atoms with E-state index in [1.54, 1.807) is 0 Å². The van der Waals surface area contributed by atoms with Gasteiger partial charge < -0.3 is 10.6 Å². The van der Waals surface area contributed by atoms with Gasteiger partial charge in [0.05, 0.1) is 23.9 Å². The number of halogens is 1. The molecule has 29 heavy (non-hydrogen) atoms. The number of nitrogens with one attached hydrogen (secondary N) is 2. The molecule has 2 heterocycles. The predicted molar refractivity (Wildman–Crippen MR) is 127 cm³/mol. The number of guanidine groups is 1. The van der Waals surface area contributed by atoms with Crippen molar-refractivity contribution in [3.63, 3.8) is 0 Å². The molecule has 154 valence electrons. The maximum atomic E-state index is 8.90. The van der Waals surface area contributed by atoms with Crippen LogP contribution in [-0.2, 0) is 13.1 Å². The number of nitrogens with zero attached hydrogens (tertiary/aromatic N) is 4. The molecule has 1 aromatic heterocycles. The normalized spacial score (nSPS) is 15.2. The van der Waals surface area contributed by atoms with E-state index in [0.717, 1.165) is 56.2 Å². The highest BCUT2D eigenvalue weighted by molar-refractivity contribution is 14.0. The number of piperidine rings is 1. The zero-order chi connectivity index (χ0) is 19.6. The first kappa shape index (κ1) is 23.1. The second-order valence-corrected chi connectivity index (χ2v) is 7.02. The van der Waals surface area contributed by atoms with Gasteiger partial charge in [0.1, 0.15) is 0 Å². The molecular weight excluding hydrogens is 475 g/mol. The summed E-state index contributed by atoms with van der Waals surface area (Å²) in [5.74, 6) is 0.857. The first-order valence-corrected chi connectivity index (χ1v) is 9.93. The van der Waals surface area contributed by atoms with Gasteiger partial charge in [0, 0.05) is 38.4 Å². The summed E-state index contributed by atoms with van der Waals surface area (Å²) in [6.45, 7) is 6.54. The molecule has 2 N–H and O–H groups in total. The lowest BCUT2D eigenvalue weighted by molar-refractivity contribution is 0.196. The Morgan fingerprint density at radius 3 is 2.59 bits per heavy atom. The minimum Gasteiger partial charge on any atom is -0.357 e. The number of nitriles is 1. The molecule has 1 fully saturated rings. The van der Waals surface area contributed by atoms with Crippen LogP contribution in [0.15, 0.2) is 53.7 Å². The molecule has 0 aliphatic carbocycles. The average molecular weight is 504 g/mol. The second-order valence-electron chi connectivity index (χ2n) is 7.02. The van der Waals surface area contributed by atoms with Crippen LogP contribution in [0.3, 0.4) is 0 Å². The van der Waals surface area contributed by atoms with E-state index in [2.05, 4.69) is 39.6 Å². The predicted octanol–water partition coefficient (Wildman–Crippen LogP) is 3.29. The molecule has 1 aliphatic heterocycles. The molecule has 7 heteroatoms. The van der Waals surface area contributed by atoms with Gasteiger partial charge in [-0.15, -0.1) is 24.0 Å². The van der Waals surface area contributed by atoms with Gasteiger partial charge in [-0.2, -0.15) is 5.26 Å². The van der Waals surface area contributed by atoms with Crippen molar-refractivity contribution in [2.24, 2.45) is 4.99 Å². The third kappa shape index (κ3) is 7.63. The minimum absolute atomic E-state index is 0. The van der Waals surface area contributed by atoms with E-state index in [0.29, 0.717) is 18.2 Å². The summed E-state index contributed by atoms with van der Waals surface area (Å²) in [4.78, 5) is 11.6. The Morgan fingerprint density at radius 2 is 1.97 bits per heavy atom. The van der Waals surface area contributed by atoms with Crippen LogP contribution >= 0.6 is 24.0 Å². The van der Waals surface area contributed by atoms with Crippen molar-refractivity contribution in [3.05, 3.63) is 65.5 Å². The van der Waals surface area contributed by atoms with Crippen molar-refractivity contribution in [2.45, 2.75) is 38.9 Å². The zero-order valence-electron chi connectivity index (χ0n) is 16.8. The molecule has 0 amide bonds. The number of aromatic nitrogens is 1. The number of likely N-dealkylation sites (tertiary alicyclic amines) is 1. The Labute approximate surface area is 190 Å². The Balaban J connectivity index is 0.00000300. The van der Waals surface area contributed by atoms with Crippen LogP contribution in [0.2, 0.25) is 0 Å². The van der Waals surface area contributed by atoms with Crippen molar-refractivity contribution < 1.29 is 0 Å². The van der Waals surface area contributed by atoms with E-state index in [-0.39, 0.29) is 24.0 Å². The summed E-state index contributed by atoms with van der Waals surface area (Å²) >= 11 is 0. The van der Waals surface area contributed by atoms with E-state index in [1.807, 2.05) is 42.6 Å². The number of benzene rings is 1.